The van der Waals surface area contributed by atoms with Gasteiger partial charge in [-0.15, -0.1) is 0 Å². The van der Waals surface area contributed by atoms with Crippen LogP contribution in [0.25, 0.3) is 0 Å². The normalized spacial score (nSPS) is 14.9. The second kappa shape index (κ2) is 4.69. The van der Waals surface area contributed by atoms with Crippen molar-refractivity contribution < 1.29 is 14.5 Å². The molecule has 0 radical (unpaired) electrons. The molecule has 0 amide bonds. The van der Waals surface area contributed by atoms with E-state index in [0.29, 0.717) is 6.42 Å². The van der Waals surface area contributed by atoms with Gasteiger partial charge in [-0.2, -0.15) is 0 Å². The van der Waals surface area contributed by atoms with E-state index in [1.54, 1.807) is 6.92 Å². The molecule has 0 rings (SSSR count). The molecule has 5 nitrogen and oxygen atoms in total. The van der Waals surface area contributed by atoms with Crippen LogP contribution in [0.1, 0.15) is 27.2 Å². The van der Waals surface area contributed by atoms with Gasteiger partial charge < -0.3 is 4.74 Å². The maximum atomic E-state index is 10.5. The summed E-state index contributed by atoms with van der Waals surface area (Å²) in [7, 11) is 0. The van der Waals surface area contributed by atoms with Crippen molar-refractivity contribution in [1.29, 1.82) is 0 Å². The Balaban J connectivity index is 4.11. The number of ether oxygens (including phenoxy) is 1. The number of hydrogen-bond donors (Lipinski definition) is 0. The highest BCUT2D eigenvalue weighted by Gasteiger charge is 2.27. The average Bonchev–Trinajstić information content (AvgIpc) is 1.85. The van der Waals surface area contributed by atoms with Crippen LogP contribution >= 0.6 is 0 Å². The molecule has 0 bridgehead atoms. The summed E-state index contributed by atoms with van der Waals surface area (Å²) in [5, 5.41) is 10.4. The largest absolute Gasteiger partial charge is 0.456 e. The number of nitrogens with zero attached hydrogens (tertiary/aromatic N) is 1. The lowest BCUT2D eigenvalue weighted by Gasteiger charge is -2.14. The van der Waals surface area contributed by atoms with Gasteiger partial charge >= 0.3 is 5.97 Å². The second-order valence-corrected chi connectivity index (χ2v) is 2.58. The van der Waals surface area contributed by atoms with Crippen molar-refractivity contribution in [2.75, 3.05) is 0 Å². The molecule has 0 aromatic rings. The first-order chi connectivity index (χ1) is 5.49. The third-order valence-corrected chi connectivity index (χ3v) is 1.58. The summed E-state index contributed by atoms with van der Waals surface area (Å²) in [6.07, 6.45) is -0.288. The van der Waals surface area contributed by atoms with E-state index in [1.807, 2.05) is 0 Å². The monoisotopic (exact) mass is 175 g/mol. The highest BCUT2D eigenvalue weighted by atomic mass is 16.6. The molecule has 5 heteroatoms. The molecule has 2 atom stereocenters. The average molecular weight is 175 g/mol. The Labute approximate surface area is 70.9 Å². The van der Waals surface area contributed by atoms with Gasteiger partial charge in [0.05, 0.1) is 0 Å². The van der Waals surface area contributed by atoms with Crippen molar-refractivity contribution in [3.63, 3.8) is 0 Å². The summed E-state index contributed by atoms with van der Waals surface area (Å²) in [5.74, 6) is -0.484. The quantitative estimate of drug-likeness (QED) is 0.363. The Morgan fingerprint density at radius 2 is 2.17 bits per heavy atom. The van der Waals surface area contributed by atoms with Crippen LogP contribution in [-0.2, 0) is 9.53 Å². The van der Waals surface area contributed by atoms with E-state index in [9.17, 15) is 14.9 Å². The van der Waals surface area contributed by atoms with E-state index in [2.05, 4.69) is 4.74 Å². The summed E-state index contributed by atoms with van der Waals surface area (Å²) in [4.78, 5) is 20.4. The Bertz CT molecular complexity index is 180. The van der Waals surface area contributed by atoms with Crippen LogP contribution in [0, 0.1) is 10.1 Å². The molecule has 0 fully saturated rings. The van der Waals surface area contributed by atoms with E-state index in [-0.39, 0.29) is 0 Å². The Hall–Kier alpha value is -1.13. The van der Waals surface area contributed by atoms with Gasteiger partial charge in [0.2, 0.25) is 6.04 Å². The standard InChI is InChI=1S/C7H13NO4/c1-4-7(8(10)11)5(2)12-6(3)9/h5,7H,4H2,1-3H3/t5-,7-/m1/s1. The van der Waals surface area contributed by atoms with Gasteiger partial charge in [0.15, 0.2) is 6.10 Å². The SMILES string of the molecule is CC[C@H]([C@@H](C)OC(C)=O)[N+](=O)[O-]. The highest BCUT2D eigenvalue weighted by molar-refractivity contribution is 5.66. The van der Waals surface area contributed by atoms with Gasteiger partial charge in [-0.3, -0.25) is 14.9 Å². The highest BCUT2D eigenvalue weighted by Crippen LogP contribution is 2.06. The minimum atomic E-state index is -0.797. The summed E-state index contributed by atoms with van der Waals surface area (Å²) in [6, 6.07) is -0.797. The molecule has 0 N–H and O–H groups in total. The van der Waals surface area contributed by atoms with Crippen molar-refractivity contribution in [1.82, 2.24) is 0 Å². The molecule has 0 aliphatic carbocycles. The zero-order chi connectivity index (χ0) is 9.72. The fraction of sp³-hybridized carbons (Fsp3) is 0.857. The van der Waals surface area contributed by atoms with E-state index in [1.165, 1.54) is 13.8 Å². The van der Waals surface area contributed by atoms with Gasteiger partial charge in [0, 0.05) is 18.3 Å². The first-order valence-electron chi connectivity index (χ1n) is 3.79. The van der Waals surface area contributed by atoms with E-state index >= 15 is 0 Å². The van der Waals surface area contributed by atoms with Crippen molar-refractivity contribution in [3.05, 3.63) is 10.1 Å². The number of carbonyl (C=O) groups excluding carboxylic acids is 1. The van der Waals surface area contributed by atoms with E-state index in [0.717, 1.165) is 0 Å². The predicted octanol–water partition coefficient (Wildman–Crippen LogP) is 0.993. The van der Waals surface area contributed by atoms with Crippen molar-refractivity contribution >= 4 is 5.97 Å². The van der Waals surface area contributed by atoms with Crippen molar-refractivity contribution in [2.45, 2.75) is 39.3 Å². The first kappa shape index (κ1) is 10.9. The van der Waals surface area contributed by atoms with Crippen LogP contribution in [0.4, 0.5) is 0 Å². The van der Waals surface area contributed by atoms with Crippen molar-refractivity contribution in [2.24, 2.45) is 0 Å². The maximum absolute atomic E-state index is 10.5. The van der Waals surface area contributed by atoms with Gasteiger partial charge in [-0.25, -0.2) is 0 Å². The van der Waals surface area contributed by atoms with Crippen LogP contribution in [-0.4, -0.2) is 23.0 Å². The summed E-state index contributed by atoms with van der Waals surface area (Å²) < 4.78 is 4.68. The minimum absolute atomic E-state index is 0.363. The summed E-state index contributed by atoms with van der Waals surface area (Å²) >= 11 is 0. The van der Waals surface area contributed by atoms with Crippen LogP contribution in [0.3, 0.4) is 0 Å². The molecule has 0 heterocycles. The molecular weight excluding hydrogens is 162 g/mol. The van der Waals surface area contributed by atoms with Gasteiger partial charge in [-0.05, 0) is 6.92 Å². The molecule has 70 valence electrons. The molecule has 0 aromatic heterocycles. The number of nitro groups is 1. The lowest BCUT2D eigenvalue weighted by Crippen LogP contribution is -2.34. The number of carbonyl (C=O) groups is 1. The van der Waals surface area contributed by atoms with Crippen LogP contribution < -0.4 is 0 Å². The van der Waals surface area contributed by atoms with Gasteiger partial charge in [0.1, 0.15) is 0 Å². The zero-order valence-corrected chi connectivity index (χ0v) is 7.44. The van der Waals surface area contributed by atoms with Gasteiger partial charge in [-0.1, -0.05) is 6.92 Å². The van der Waals surface area contributed by atoms with Gasteiger partial charge in [0.25, 0.3) is 0 Å². The molecule has 0 aliphatic rings. The van der Waals surface area contributed by atoms with Crippen LogP contribution in [0.15, 0.2) is 0 Å². The molecule has 0 spiro atoms. The fourth-order valence-electron chi connectivity index (χ4n) is 0.993. The lowest BCUT2D eigenvalue weighted by atomic mass is 10.1. The molecule has 0 unspecified atom stereocenters. The summed E-state index contributed by atoms with van der Waals surface area (Å²) in [5.41, 5.74) is 0. The molecule has 0 saturated heterocycles. The molecule has 0 aliphatic heterocycles. The lowest BCUT2D eigenvalue weighted by molar-refractivity contribution is -0.533. The zero-order valence-electron chi connectivity index (χ0n) is 7.44. The Morgan fingerprint density at radius 3 is 2.42 bits per heavy atom. The van der Waals surface area contributed by atoms with E-state index < -0.39 is 23.0 Å². The maximum Gasteiger partial charge on any atom is 0.303 e. The summed E-state index contributed by atoms with van der Waals surface area (Å²) in [6.45, 7) is 4.45. The fourth-order valence-corrected chi connectivity index (χ4v) is 0.993. The third kappa shape index (κ3) is 3.32. The predicted molar refractivity (Wildman–Crippen MR) is 42.3 cm³/mol. The van der Waals surface area contributed by atoms with Crippen LogP contribution in [0.5, 0.6) is 0 Å². The van der Waals surface area contributed by atoms with Crippen LogP contribution in [0.2, 0.25) is 0 Å². The molecule has 0 saturated carbocycles. The Kier molecular flexibility index (Phi) is 4.25. The Morgan fingerprint density at radius 1 is 1.67 bits per heavy atom. The minimum Gasteiger partial charge on any atom is -0.456 e. The van der Waals surface area contributed by atoms with E-state index in [4.69, 9.17) is 0 Å². The number of esters is 1. The molecule has 12 heavy (non-hydrogen) atoms. The van der Waals surface area contributed by atoms with Crippen molar-refractivity contribution in [3.8, 4) is 0 Å². The first-order valence-corrected chi connectivity index (χ1v) is 3.79. The third-order valence-electron chi connectivity index (χ3n) is 1.58. The number of hydrogen-bond acceptors (Lipinski definition) is 4. The molecular formula is C7H13NO4. The smallest absolute Gasteiger partial charge is 0.303 e. The molecule has 0 aromatic carbocycles. The second-order valence-electron chi connectivity index (χ2n) is 2.58. The topological polar surface area (TPSA) is 69.4 Å². The number of rotatable bonds is 4.